The first-order chi connectivity index (χ1) is 12.5. The van der Waals surface area contributed by atoms with Crippen LogP contribution >= 0.6 is 0 Å². The minimum Gasteiger partial charge on any atom is -0.331 e. The van der Waals surface area contributed by atoms with Crippen molar-refractivity contribution in [3.63, 3.8) is 0 Å². The Balaban J connectivity index is 1.82. The number of amides is 1. The van der Waals surface area contributed by atoms with Crippen molar-refractivity contribution < 1.29 is 4.79 Å². The van der Waals surface area contributed by atoms with Gasteiger partial charge in [-0.05, 0) is 46.0 Å². The minimum atomic E-state index is 0.0424. The van der Waals surface area contributed by atoms with E-state index in [1.807, 2.05) is 72.9 Å². The smallest absolute Gasteiger partial charge is 0.246 e. The highest BCUT2D eigenvalue weighted by Crippen LogP contribution is 2.32. The van der Waals surface area contributed by atoms with Gasteiger partial charge in [-0.1, -0.05) is 12.1 Å². The highest BCUT2D eigenvalue weighted by Gasteiger charge is 2.30. The topological polar surface area (TPSA) is 54.3 Å². The third-order valence-electron chi connectivity index (χ3n) is 4.86. The number of pyridine rings is 1. The molecule has 1 aliphatic rings. The van der Waals surface area contributed by atoms with Gasteiger partial charge in [0, 0.05) is 26.2 Å². The predicted molar refractivity (Wildman–Crippen MR) is 103 cm³/mol. The van der Waals surface area contributed by atoms with Crippen LogP contribution in [-0.4, -0.2) is 57.4 Å². The normalized spacial score (nSPS) is 17.6. The molecule has 26 heavy (non-hydrogen) atoms. The zero-order valence-electron chi connectivity index (χ0n) is 16.0. The second-order valence-electron chi connectivity index (χ2n) is 7.05. The first kappa shape index (κ1) is 18.3. The number of hydrogen-bond acceptors (Lipinski definition) is 4. The summed E-state index contributed by atoms with van der Waals surface area (Å²) in [5.74, 6) is 1.02. The van der Waals surface area contributed by atoms with Crippen LogP contribution in [0.25, 0.3) is 11.4 Å². The van der Waals surface area contributed by atoms with E-state index < -0.39 is 0 Å². The molecule has 2 aromatic rings. The van der Waals surface area contributed by atoms with E-state index in [4.69, 9.17) is 4.98 Å². The van der Waals surface area contributed by atoms with Gasteiger partial charge in [0.1, 0.15) is 5.82 Å². The molecule has 0 aliphatic carbocycles. The summed E-state index contributed by atoms with van der Waals surface area (Å²) in [6.45, 7) is 3.52. The van der Waals surface area contributed by atoms with Crippen molar-refractivity contribution in [2.75, 3.05) is 27.2 Å². The van der Waals surface area contributed by atoms with E-state index in [1.165, 1.54) is 0 Å². The maximum absolute atomic E-state index is 12.6. The van der Waals surface area contributed by atoms with E-state index in [0.717, 1.165) is 48.8 Å². The van der Waals surface area contributed by atoms with E-state index in [2.05, 4.69) is 4.98 Å². The summed E-state index contributed by atoms with van der Waals surface area (Å²) in [5.41, 5.74) is 2.84. The summed E-state index contributed by atoms with van der Waals surface area (Å²) in [6.07, 6.45) is 7.42. The molecular formula is C20H27N5O. The molecule has 2 aromatic heterocycles. The van der Waals surface area contributed by atoms with Crippen LogP contribution in [0.3, 0.4) is 0 Å². The number of rotatable bonds is 5. The predicted octanol–water partition coefficient (Wildman–Crippen LogP) is 2.57. The highest BCUT2D eigenvalue weighted by atomic mass is 16.2. The number of aryl methyl sites for hydroxylation is 1. The fourth-order valence-corrected chi connectivity index (χ4v) is 3.32. The van der Waals surface area contributed by atoms with E-state index >= 15 is 0 Å². The second kappa shape index (κ2) is 7.83. The second-order valence-corrected chi connectivity index (χ2v) is 7.05. The quantitative estimate of drug-likeness (QED) is 0.775. The molecule has 1 unspecified atom stereocenters. The van der Waals surface area contributed by atoms with Gasteiger partial charge in [-0.25, -0.2) is 9.97 Å². The number of likely N-dealkylation sites (tertiary alicyclic amines) is 1. The average Bonchev–Trinajstić information content (AvgIpc) is 3.22. The van der Waals surface area contributed by atoms with Gasteiger partial charge in [0.25, 0.3) is 0 Å². The van der Waals surface area contributed by atoms with E-state index in [1.54, 1.807) is 6.08 Å². The molecule has 0 bridgehead atoms. The number of hydrogen-bond donors (Lipinski definition) is 0. The Morgan fingerprint density at radius 3 is 2.88 bits per heavy atom. The van der Waals surface area contributed by atoms with Gasteiger partial charge in [0.05, 0.1) is 29.3 Å². The van der Waals surface area contributed by atoms with Gasteiger partial charge < -0.3 is 14.4 Å². The number of carbonyl (C=O) groups is 1. The van der Waals surface area contributed by atoms with Crippen molar-refractivity contribution >= 4 is 5.91 Å². The molecule has 3 heterocycles. The number of likely N-dealkylation sites (N-methyl/N-ethyl adjacent to an activating group) is 1. The van der Waals surface area contributed by atoms with Crippen LogP contribution in [0.15, 0.2) is 36.5 Å². The van der Waals surface area contributed by atoms with Crippen LogP contribution < -0.4 is 0 Å². The zero-order valence-corrected chi connectivity index (χ0v) is 16.0. The van der Waals surface area contributed by atoms with Crippen molar-refractivity contribution in [1.29, 1.82) is 0 Å². The monoisotopic (exact) mass is 353 g/mol. The van der Waals surface area contributed by atoms with Crippen LogP contribution in [0.2, 0.25) is 0 Å². The lowest BCUT2D eigenvalue weighted by molar-refractivity contribution is -0.127. The van der Waals surface area contributed by atoms with Crippen LogP contribution in [0, 0.1) is 6.92 Å². The summed E-state index contributed by atoms with van der Waals surface area (Å²) in [5, 5.41) is 0. The van der Waals surface area contributed by atoms with Gasteiger partial charge in [-0.15, -0.1) is 0 Å². The number of nitrogens with zero attached hydrogens (tertiary/aromatic N) is 5. The van der Waals surface area contributed by atoms with Crippen molar-refractivity contribution in [1.82, 2.24) is 24.3 Å². The number of aromatic nitrogens is 3. The lowest BCUT2D eigenvalue weighted by atomic mass is 10.1. The number of imidazole rings is 1. The Kier molecular flexibility index (Phi) is 5.52. The number of carbonyl (C=O) groups excluding carboxylic acids is 1. The van der Waals surface area contributed by atoms with Crippen LogP contribution in [0.1, 0.15) is 30.4 Å². The Bertz CT molecular complexity index is 808. The van der Waals surface area contributed by atoms with Gasteiger partial charge >= 0.3 is 0 Å². The molecule has 0 aromatic carbocycles. The summed E-state index contributed by atoms with van der Waals surface area (Å²) in [7, 11) is 5.97. The highest BCUT2D eigenvalue weighted by molar-refractivity contribution is 5.88. The fourth-order valence-electron chi connectivity index (χ4n) is 3.32. The lowest BCUT2D eigenvalue weighted by Crippen LogP contribution is -2.29. The third-order valence-corrected chi connectivity index (χ3v) is 4.86. The zero-order chi connectivity index (χ0) is 18.7. The first-order valence-corrected chi connectivity index (χ1v) is 9.05. The van der Waals surface area contributed by atoms with E-state index in [0.29, 0.717) is 0 Å². The molecule has 1 aliphatic heterocycles. The van der Waals surface area contributed by atoms with E-state index in [-0.39, 0.29) is 11.9 Å². The van der Waals surface area contributed by atoms with Crippen molar-refractivity contribution in [3.05, 3.63) is 48.1 Å². The van der Waals surface area contributed by atoms with Gasteiger partial charge in [-0.3, -0.25) is 4.79 Å². The van der Waals surface area contributed by atoms with Crippen molar-refractivity contribution in [3.8, 4) is 11.4 Å². The molecule has 1 saturated heterocycles. The first-order valence-electron chi connectivity index (χ1n) is 9.05. The lowest BCUT2D eigenvalue weighted by Gasteiger charge is -2.23. The Morgan fingerprint density at radius 2 is 2.19 bits per heavy atom. The van der Waals surface area contributed by atoms with Crippen molar-refractivity contribution in [2.45, 2.75) is 25.8 Å². The molecule has 138 valence electrons. The molecule has 0 radical (unpaired) electrons. The maximum atomic E-state index is 12.6. The maximum Gasteiger partial charge on any atom is 0.246 e. The summed E-state index contributed by atoms with van der Waals surface area (Å²) in [6, 6.07) is 6.08. The molecule has 0 N–H and O–H groups in total. The van der Waals surface area contributed by atoms with Crippen molar-refractivity contribution in [2.24, 2.45) is 7.05 Å². The SMILES string of the molecule is Cc1ncc(-c2cccc(C3CCCN3C(=O)/C=C/CN(C)C)n2)n1C. The summed E-state index contributed by atoms with van der Waals surface area (Å²) >= 11 is 0. The molecule has 1 amide bonds. The molecule has 6 heteroatoms. The molecule has 3 rings (SSSR count). The molecule has 1 fully saturated rings. The van der Waals surface area contributed by atoms with Gasteiger partial charge in [0.2, 0.25) is 5.91 Å². The fraction of sp³-hybridized carbons (Fsp3) is 0.450. The summed E-state index contributed by atoms with van der Waals surface area (Å²) < 4.78 is 2.04. The van der Waals surface area contributed by atoms with Crippen LogP contribution in [0.4, 0.5) is 0 Å². The summed E-state index contributed by atoms with van der Waals surface area (Å²) in [4.78, 5) is 25.8. The third kappa shape index (κ3) is 3.85. The Morgan fingerprint density at radius 1 is 1.38 bits per heavy atom. The molecule has 6 nitrogen and oxygen atoms in total. The molecule has 1 atom stereocenters. The molecule has 0 spiro atoms. The van der Waals surface area contributed by atoms with Gasteiger partial charge in [0.15, 0.2) is 0 Å². The molecule has 0 saturated carbocycles. The minimum absolute atomic E-state index is 0.0424. The van der Waals surface area contributed by atoms with Crippen LogP contribution in [-0.2, 0) is 11.8 Å². The largest absolute Gasteiger partial charge is 0.331 e. The Hall–Kier alpha value is -2.47. The van der Waals surface area contributed by atoms with Gasteiger partial charge in [-0.2, -0.15) is 0 Å². The molecular weight excluding hydrogens is 326 g/mol. The average molecular weight is 353 g/mol. The van der Waals surface area contributed by atoms with E-state index in [9.17, 15) is 4.79 Å². The Labute approximate surface area is 155 Å². The standard InChI is InChI=1S/C20H27N5O/c1-15-21-14-19(24(15)4)17-9-5-8-16(22-17)18-10-6-13-25(18)20(26)11-7-12-23(2)3/h5,7-9,11,14,18H,6,10,12-13H2,1-4H3/b11-7+. The van der Waals surface area contributed by atoms with Crippen LogP contribution in [0.5, 0.6) is 0 Å².